The van der Waals surface area contributed by atoms with Crippen molar-refractivity contribution in [3.8, 4) is 0 Å². The van der Waals surface area contributed by atoms with Gasteiger partial charge in [0.25, 0.3) is 0 Å². The van der Waals surface area contributed by atoms with Gasteiger partial charge in [0.1, 0.15) is 0 Å². The van der Waals surface area contributed by atoms with Crippen LogP contribution in [-0.4, -0.2) is 16.9 Å². The number of hydrogen-bond donors (Lipinski definition) is 2. The maximum absolute atomic E-state index is 12.1. The van der Waals surface area contributed by atoms with E-state index in [9.17, 15) is 4.79 Å². The molecule has 2 rings (SSSR count). The molecule has 6 heteroatoms. The molecule has 1 heterocycles. The van der Waals surface area contributed by atoms with Crippen molar-refractivity contribution in [3.05, 3.63) is 66.0 Å². The van der Waals surface area contributed by atoms with E-state index in [0.717, 1.165) is 11.1 Å². The van der Waals surface area contributed by atoms with E-state index in [1.165, 1.54) is 0 Å². The van der Waals surface area contributed by atoms with Gasteiger partial charge in [-0.25, -0.2) is 0 Å². The number of carbonyl (C=O) groups is 1. The van der Waals surface area contributed by atoms with E-state index in [1.54, 1.807) is 12.4 Å². The normalized spacial score (nSPS) is 12.3. The Hall–Kier alpha value is -1.62. The third-order valence-electron chi connectivity index (χ3n) is 3.18. The van der Waals surface area contributed by atoms with Crippen molar-refractivity contribution in [2.75, 3.05) is 0 Å². The summed E-state index contributed by atoms with van der Waals surface area (Å²) in [5, 5.41) is 2.91. The smallest absolute Gasteiger partial charge is 0.237 e. The third-order valence-corrected chi connectivity index (χ3v) is 3.18. The topological polar surface area (TPSA) is 68.0 Å². The van der Waals surface area contributed by atoms with Crippen LogP contribution < -0.4 is 11.1 Å². The molecule has 0 unspecified atom stereocenters. The monoisotopic (exact) mass is 341 g/mol. The summed E-state index contributed by atoms with van der Waals surface area (Å²) < 4.78 is 0. The van der Waals surface area contributed by atoms with Gasteiger partial charge in [0.05, 0.1) is 12.1 Å². The maximum Gasteiger partial charge on any atom is 0.237 e. The average Bonchev–Trinajstić information content (AvgIpc) is 2.49. The molecule has 0 saturated heterocycles. The minimum atomic E-state index is -0.545. The lowest BCUT2D eigenvalue weighted by molar-refractivity contribution is -0.123. The van der Waals surface area contributed by atoms with Crippen LogP contribution in [0.4, 0.5) is 0 Å². The fourth-order valence-corrected chi connectivity index (χ4v) is 2.00. The van der Waals surface area contributed by atoms with E-state index in [4.69, 9.17) is 5.73 Å². The van der Waals surface area contributed by atoms with E-state index in [1.807, 2.05) is 49.4 Å². The fraction of sp³-hybridized carbons (Fsp3) is 0.250. The summed E-state index contributed by atoms with van der Waals surface area (Å²) in [6.07, 6.45) is 3.99. The maximum atomic E-state index is 12.1. The number of nitrogens with two attached hydrogens (primary N) is 1. The van der Waals surface area contributed by atoms with Crippen LogP contribution in [0.2, 0.25) is 0 Å². The Labute approximate surface area is 143 Å². The predicted octanol–water partition coefficient (Wildman–Crippen LogP) is 2.67. The van der Waals surface area contributed by atoms with Gasteiger partial charge in [-0.15, -0.1) is 24.8 Å². The molecule has 0 aliphatic rings. The lowest BCUT2D eigenvalue weighted by Crippen LogP contribution is -2.42. The van der Waals surface area contributed by atoms with Crippen molar-refractivity contribution in [1.29, 1.82) is 0 Å². The molecule has 0 aliphatic carbocycles. The molecular weight excluding hydrogens is 321 g/mol. The average molecular weight is 342 g/mol. The molecule has 0 radical (unpaired) electrons. The molecule has 0 fully saturated rings. The first-order chi connectivity index (χ1) is 9.66. The summed E-state index contributed by atoms with van der Waals surface area (Å²) in [4.78, 5) is 16.1. The van der Waals surface area contributed by atoms with Gasteiger partial charge in [-0.2, -0.15) is 0 Å². The molecule has 0 saturated carbocycles. The van der Waals surface area contributed by atoms with Crippen molar-refractivity contribution in [1.82, 2.24) is 10.3 Å². The van der Waals surface area contributed by atoms with Gasteiger partial charge in [-0.3, -0.25) is 9.78 Å². The molecule has 1 amide bonds. The zero-order valence-electron chi connectivity index (χ0n) is 12.3. The first-order valence-corrected chi connectivity index (χ1v) is 6.66. The number of pyridine rings is 1. The van der Waals surface area contributed by atoms with E-state index in [-0.39, 0.29) is 36.8 Å². The first kappa shape index (κ1) is 20.4. The summed E-state index contributed by atoms with van der Waals surface area (Å²) in [6.45, 7) is 1.92. The van der Waals surface area contributed by atoms with Gasteiger partial charge < -0.3 is 11.1 Å². The van der Waals surface area contributed by atoms with Crippen molar-refractivity contribution in [2.45, 2.75) is 25.4 Å². The van der Waals surface area contributed by atoms with Crippen LogP contribution in [0.3, 0.4) is 0 Å². The van der Waals surface area contributed by atoms with E-state index in [0.29, 0.717) is 6.42 Å². The van der Waals surface area contributed by atoms with Crippen LogP contribution in [0.25, 0.3) is 0 Å². The Morgan fingerprint density at radius 1 is 1.18 bits per heavy atom. The summed E-state index contributed by atoms with van der Waals surface area (Å²) in [6, 6.07) is 12.9. The number of benzene rings is 1. The number of carbonyl (C=O) groups excluding carboxylic acids is 1. The largest absolute Gasteiger partial charge is 0.348 e. The Bertz CT molecular complexity index is 552. The van der Waals surface area contributed by atoms with Crippen molar-refractivity contribution >= 4 is 30.7 Å². The van der Waals surface area contributed by atoms with Gasteiger partial charge in [0.15, 0.2) is 0 Å². The van der Waals surface area contributed by atoms with Gasteiger partial charge in [0.2, 0.25) is 5.91 Å². The minimum Gasteiger partial charge on any atom is -0.348 e. The van der Waals surface area contributed by atoms with Crippen LogP contribution in [-0.2, 0) is 11.2 Å². The van der Waals surface area contributed by atoms with Crippen LogP contribution in [0.5, 0.6) is 0 Å². The SMILES string of the molecule is C[C@H](NC(=O)[C@@H](N)Cc1ccccc1)c1cccnc1.Cl.Cl. The highest BCUT2D eigenvalue weighted by molar-refractivity contribution is 5.85. The van der Waals surface area contributed by atoms with Gasteiger partial charge in [0, 0.05) is 12.4 Å². The van der Waals surface area contributed by atoms with Crippen molar-refractivity contribution < 1.29 is 4.79 Å². The highest BCUT2D eigenvalue weighted by atomic mass is 35.5. The minimum absolute atomic E-state index is 0. The molecule has 2 aromatic rings. The lowest BCUT2D eigenvalue weighted by atomic mass is 10.1. The molecule has 3 N–H and O–H groups in total. The summed E-state index contributed by atoms with van der Waals surface area (Å²) >= 11 is 0. The van der Waals surface area contributed by atoms with E-state index >= 15 is 0 Å². The molecular formula is C16H21Cl2N3O. The van der Waals surface area contributed by atoms with Crippen LogP contribution in [0.1, 0.15) is 24.1 Å². The second-order valence-electron chi connectivity index (χ2n) is 4.81. The van der Waals surface area contributed by atoms with Crippen LogP contribution >= 0.6 is 24.8 Å². The van der Waals surface area contributed by atoms with E-state index in [2.05, 4.69) is 10.3 Å². The zero-order valence-corrected chi connectivity index (χ0v) is 13.9. The van der Waals surface area contributed by atoms with Gasteiger partial charge in [-0.05, 0) is 30.5 Å². The van der Waals surface area contributed by atoms with E-state index < -0.39 is 6.04 Å². The number of halogens is 2. The molecule has 22 heavy (non-hydrogen) atoms. The molecule has 0 spiro atoms. The molecule has 120 valence electrons. The van der Waals surface area contributed by atoms with Crippen LogP contribution in [0.15, 0.2) is 54.9 Å². The molecule has 4 nitrogen and oxygen atoms in total. The number of nitrogens with one attached hydrogen (secondary N) is 1. The fourth-order valence-electron chi connectivity index (χ4n) is 2.00. The second kappa shape index (κ2) is 10.2. The Morgan fingerprint density at radius 2 is 1.86 bits per heavy atom. The second-order valence-corrected chi connectivity index (χ2v) is 4.81. The van der Waals surface area contributed by atoms with Crippen LogP contribution in [0, 0.1) is 0 Å². The predicted molar refractivity (Wildman–Crippen MR) is 93.4 cm³/mol. The Morgan fingerprint density at radius 3 is 2.45 bits per heavy atom. The van der Waals surface area contributed by atoms with Crippen molar-refractivity contribution in [3.63, 3.8) is 0 Å². The molecule has 0 aliphatic heterocycles. The quantitative estimate of drug-likeness (QED) is 0.878. The zero-order chi connectivity index (χ0) is 14.4. The molecule has 1 aromatic carbocycles. The summed E-state index contributed by atoms with van der Waals surface area (Å²) in [7, 11) is 0. The number of rotatable bonds is 5. The Kier molecular flexibility index (Phi) is 9.42. The highest BCUT2D eigenvalue weighted by Gasteiger charge is 2.16. The number of hydrogen-bond acceptors (Lipinski definition) is 3. The molecule has 1 aromatic heterocycles. The van der Waals surface area contributed by atoms with Gasteiger partial charge in [-0.1, -0.05) is 36.4 Å². The van der Waals surface area contributed by atoms with Gasteiger partial charge >= 0.3 is 0 Å². The summed E-state index contributed by atoms with van der Waals surface area (Å²) in [5.74, 6) is -0.148. The summed E-state index contributed by atoms with van der Waals surface area (Å²) in [5.41, 5.74) is 7.97. The number of aromatic nitrogens is 1. The highest BCUT2D eigenvalue weighted by Crippen LogP contribution is 2.10. The third kappa shape index (κ3) is 6.02. The molecule has 2 atom stereocenters. The Balaban J connectivity index is 0.00000220. The molecule has 0 bridgehead atoms. The number of amides is 1. The first-order valence-electron chi connectivity index (χ1n) is 6.66. The van der Waals surface area contributed by atoms with Crippen molar-refractivity contribution in [2.24, 2.45) is 5.73 Å². The lowest BCUT2D eigenvalue weighted by Gasteiger charge is -2.17. The standard InChI is InChI=1S/C16H19N3O.2ClH/c1-12(14-8-5-9-18-11-14)19-16(20)15(17)10-13-6-3-2-4-7-13;;/h2-9,11-12,15H,10,17H2,1H3,(H,19,20);2*1H/t12-,15-;;/m0../s1. The number of nitrogens with zero attached hydrogens (tertiary/aromatic N) is 1.